The fourth-order valence-corrected chi connectivity index (χ4v) is 1.95. The minimum Gasteiger partial charge on any atom is -0.380 e. The van der Waals surface area contributed by atoms with Crippen molar-refractivity contribution in [2.75, 3.05) is 38.7 Å². The summed E-state index contributed by atoms with van der Waals surface area (Å²) in [6.07, 6.45) is 0. The van der Waals surface area contributed by atoms with Crippen LogP contribution in [0.4, 0.5) is 10.5 Å². The van der Waals surface area contributed by atoms with Crippen LogP contribution in [0.5, 0.6) is 0 Å². The first-order valence-corrected chi connectivity index (χ1v) is 7.53. The molecule has 5 nitrogen and oxygen atoms in total. The van der Waals surface area contributed by atoms with Gasteiger partial charge in [0.05, 0.1) is 6.61 Å². The van der Waals surface area contributed by atoms with E-state index in [-0.39, 0.29) is 6.03 Å². The summed E-state index contributed by atoms with van der Waals surface area (Å²) in [4.78, 5) is 13.9. The van der Waals surface area contributed by atoms with Gasteiger partial charge in [-0.2, -0.15) is 0 Å². The van der Waals surface area contributed by atoms with Gasteiger partial charge in [-0.25, -0.2) is 4.79 Å². The summed E-state index contributed by atoms with van der Waals surface area (Å²) in [5.74, 6) is 0. The Labute approximate surface area is 127 Å². The van der Waals surface area contributed by atoms with Gasteiger partial charge in [0.25, 0.3) is 0 Å². The van der Waals surface area contributed by atoms with Gasteiger partial charge >= 0.3 is 6.03 Å². The van der Waals surface area contributed by atoms with E-state index in [1.165, 1.54) is 5.56 Å². The number of hydrogen-bond acceptors (Lipinski definition) is 3. The lowest BCUT2D eigenvalue weighted by Gasteiger charge is -2.21. The lowest BCUT2D eigenvalue weighted by Crippen LogP contribution is -2.37. The summed E-state index contributed by atoms with van der Waals surface area (Å²) in [6, 6.07) is 8.11. The van der Waals surface area contributed by atoms with E-state index < -0.39 is 0 Å². The maximum Gasteiger partial charge on any atom is 0.321 e. The molecule has 0 saturated carbocycles. The Morgan fingerprint density at radius 2 is 1.95 bits per heavy atom. The number of hydrogen-bond donors (Lipinski definition) is 2. The predicted octanol–water partition coefficient (Wildman–Crippen LogP) is 2.86. The van der Waals surface area contributed by atoms with Crippen molar-refractivity contribution in [3.8, 4) is 0 Å². The molecule has 1 unspecified atom stereocenters. The number of rotatable bonds is 8. The van der Waals surface area contributed by atoms with E-state index in [1.54, 1.807) is 4.90 Å². The van der Waals surface area contributed by atoms with Crippen LogP contribution in [0.2, 0.25) is 0 Å². The Bertz CT molecular complexity index is 420. The Kier molecular flexibility index (Phi) is 7.79. The molecule has 0 spiro atoms. The van der Waals surface area contributed by atoms with E-state index in [9.17, 15) is 4.79 Å². The van der Waals surface area contributed by atoms with Crippen molar-refractivity contribution in [2.45, 2.75) is 26.8 Å². The Morgan fingerprint density at radius 1 is 1.29 bits per heavy atom. The van der Waals surface area contributed by atoms with Crippen molar-refractivity contribution < 1.29 is 9.53 Å². The van der Waals surface area contributed by atoms with Gasteiger partial charge in [-0.3, -0.25) is 0 Å². The number of benzene rings is 1. The number of nitrogens with one attached hydrogen (secondary N) is 2. The minimum absolute atomic E-state index is 0.0911. The van der Waals surface area contributed by atoms with E-state index in [4.69, 9.17) is 4.74 Å². The number of nitrogens with zero attached hydrogens (tertiary/aromatic N) is 1. The number of carbonyl (C=O) groups excluding carboxylic acids is 1. The van der Waals surface area contributed by atoms with Crippen molar-refractivity contribution in [2.24, 2.45) is 0 Å². The van der Waals surface area contributed by atoms with Crippen molar-refractivity contribution >= 4 is 11.7 Å². The van der Waals surface area contributed by atoms with Crippen molar-refractivity contribution in [3.63, 3.8) is 0 Å². The molecular weight excluding hydrogens is 266 g/mol. The largest absolute Gasteiger partial charge is 0.380 e. The molecule has 0 bridgehead atoms. The van der Waals surface area contributed by atoms with E-state index in [1.807, 2.05) is 45.2 Å². The number of carbonyl (C=O) groups is 1. The van der Waals surface area contributed by atoms with Crippen LogP contribution >= 0.6 is 0 Å². The quantitative estimate of drug-likeness (QED) is 0.725. The third-order valence-electron chi connectivity index (χ3n) is 3.47. The molecule has 2 amide bonds. The first-order valence-electron chi connectivity index (χ1n) is 7.53. The molecule has 1 aromatic rings. The second-order valence-corrected chi connectivity index (χ2v) is 4.84. The molecule has 1 atom stereocenters. The monoisotopic (exact) mass is 293 g/mol. The summed E-state index contributed by atoms with van der Waals surface area (Å²) in [5.41, 5.74) is 2.00. The molecule has 0 heterocycles. The maximum absolute atomic E-state index is 12.2. The molecule has 0 aliphatic heterocycles. The zero-order valence-corrected chi connectivity index (χ0v) is 13.5. The Morgan fingerprint density at radius 3 is 2.48 bits per heavy atom. The number of anilines is 1. The van der Waals surface area contributed by atoms with Crippen LogP contribution in [0, 0.1) is 0 Å². The van der Waals surface area contributed by atoms with E-state index in [0.717, 1.165) is 5.69 Å². The summed E-state index contributed by atoms with van der Waals surface area (Å²) >= 11 is 0. The number of ether oxygens (including phenoxy) is 1. The molecule has 1 aromatic carbocycles. The maximum atomic E-state index is 12.2. The molecule has 0 aliphatic rings. The molecule has 0 fully saturated rings. The highest BCUT2D eigenvalue weighted by atomic mass is 16.5. The van der Waals surface area contributed by atoms with Crippen molar-refractivity contribution in [1.29, 1.82) is 0 Å². The second-order valence-electron chi connectivity index (χ2n) is 4.84. The minimum atomic E-state index is -0.0911. The van der Waals surface area contributed by atoms with Gasteiger partial charge in [0.1, 0.15) is 0 Å². The standard InChI is InChI=1S/C16H27N3O2/c1-5-19(11-12-21-6-2)16(20)18-15-9-7-14(8-10-15)13(3)17-4/h7-10,13,17H,5-6,11-12H2,1-4H3,(H,18,20). The molecule has 0 aliphatic carbocycles. The molecule has 21 heavy (non-hydrogen) atoms. The van der Waals surface area contributed by atoms with Gasteiger partial charge in [-0.15, -0.1) is 0 Å². The van der Waals surface area contributed by atoms with Gasteiger partial charge in [-0.05, 0) is 45.5 Å². The van der Waals surface area contributed by atoms with Crippen LogP contribution in [0.25, 0.3) is 0 Å². The highest BCUT2D eigenvalue weighted by Gasteiger charge is 2.11. The van der Waals surface area contributed by atoms with Crippen LogP contribution < -0.4 is 10.6 Å². The second kappa shape index (κ2) is 9.37. The third kappa shape index (κ3) is 5.73. The summed E-state index contributed by atoms with van der Waals surface area (Å²) in [5, 5.41) is 6.10. The lowest BCUT2D eigenvalue weighted by atomic mass is 10.1. The fraction of sp³-hybridized carbons (Fsp3) is 0.562. The van der Waals surface area contributed by atoms with E-state index >= 15 is 0 Å². The predicted molar refractivity (Wildman–Crippen MR) is 86.7 cm³/mol. The Hall–Kier alpha value is -1.59. The van der Waals surface area contributed by atoms with Crippen LogP contribution in [-0.4, -0.2) is 44.3 Å². The topological polar surface area (TPSA) is 53.6 Å². The zero-order valence-electron chi connectivity index (χ0n) is 13.5. The van der Waals surface area contributed by atoms with Gasteiger partial charge in [0.2, 0.25) is 0 Å². The molecule has 0 radical (unpaired) electrons. The van der Waals surface area contributed by atoms with Crippen LogP contribution in [0.1, 0.15) is 32.4 Å². The van der Waals surface area contributed by atoms with Gasteiger partial charge in [0, 0.05) is 31.4 Å². The molecule has 0 saturated heterocycles. The zero-order chi connectivity index (χ0) is 15.7. The van der Waals surface area contributed by atoms with Crippen molar-refractivity contribution in [1.82, 2.24) is 10.2 Å². The normalized spacial score (nSPS) is 12.0. The number of urea groups is 1. The number of likely N-dealkylation sites (N-methyl/N-ethyl adjacent to an activating group) is 1. The summed E-state index contributed by atoms with van der Waals surface area (Å²) in [7, 11) is 1.93. The van der Waals surface area contributed by atoms with E-state index in [2.05, 4.69) is 17.6 Å². The summed E-state index contributed by atoms with van der Waals surface area (Å²) < 4.78 is 5.29. The van der Waals surface area contributed by atoms with Crippen LogP contribution in [0.3, 0.4) is 0 Å². The first kappa shape index (κ1) is 17.5. The summed E-state index contributed by atoms with van der Waals surface area (Å²) in [6.45, 7) is 8.51. The smallest absolute Gasteiger partial charge is 0.321 e. The van der Waals surface area contributed by atoms with Gasteiger partial charge in [0.15, 0.2) is 0 Å². The highest BCUT2D eigenvalue weighted by Crippen LogP contribution is 2.15. The molecule has 1 rings (SSSR count). The highest BCUT2D eigenvalue weighted by molar-refractivity contribution is 5.89. The number of amides is 2. The lowest BCUT2D eigenvalue weighted by molar-refractivity contribution is 0.123. The molecule has 118 valence electrons. The molecule has 2 N–H and O–H groups in total. The fourth-order valence-electron chi connectivity index (χ4n) is 1.95. The van der Waals surface area contributed by atoms with Crippen LogP contribution in [-0.2, 0) is 4.74 Å². The average Bonchev–Trinajstić information content (AvgIpc) is 2.51. The third-order valence-corrected chi connectivity index (χ3v) is 3.47. The van der Waals surface area contributed by atoms with E-state index in [0.29, 0.717) is 32.3 Å². The van der Waals surface area contributed by atoms with Gasteiger partial charge < -0.3 is 20.3 Å². The SMILES string of the molecule is CCOCCN(CC)C(=O)Nc1ccc(C(C)NC)cc1. The van der Waals surface area contributed by atoms with Crippen molar-refractivity contribution in [3.05, 3.63) is 29.8 Å². The average molecular weight is 293 g/mol. The van der Waals surface area contributed by atoms with Gasteiger partial charge in [-0.1, -0.05) is 12.1 Å². The Balaban J connectivity index is 2.56. The molecular formula is C16H27N3O2. The molecule has 5 heteroatoms. The first-order chi connectivity index (χ1) is 10.1. The molecule has 0 aromatic heterocycles. The van der Waals surface area contributed by atoms with Crippen LogP contribution in [0.15, 0.2) is 24.3 Å².